The van der Waals surface area contributed by atoms with Crippen molar-refractivity contribution in [2.24, 2.45) is 0 Å². The van der Waals surface area contributed by atoms with Crippen LogP contribution in [0.1, 0.15) is 23.2 Å². The fraction of sp³-hybridized carbons (Fsp3) is 0.385. The van der Waals surface area contributed by atoms with Gasteiger partial charge >= 0.3 is 5.97 Å². The summed E-state index contributed by atoms with van der Waals surface area (Å²) in [5.74, 6) is -1.25. The van der Waals surface area contributed by atoms with Gasteiger partial charge in [0.05, 0.1) is 12.7 Å². The molecular weight excluding hydrogens is 250 g/mol. The molecular formula is C13H15NO5. The number of carbonyl (C=O) groups is 2. The summed E-state index contributed by atoms with van der Waals surface area (Å²) in [6, 6.07) is 3.48. The topological polar surface area (TPSA) is 87.1 Å². The number of carboxylic acid groups (broad SMARTS) is 1. The molecule has 1 atom stereocenters. The summed E-state index contributed by atoms with van der Waals surface area (Å²) in [4.78, 5) is 24.6. The van der Waals surface area contributed by atoms with E-state index in [1.807, 2.05) is 0 Å². The Morgan fingerprint density at radius 1 is 1.42 bits per heavy atom. The average molecular weight is 265 g/mol. The zero-order valence-electron chi connectivity index (χ0n) is 10.5. The lowest BCUT2D eigenvalue weighted by Gasteiger charge is -2.22. The molecule has 102 valence electrons. The van der Waals surface area contributed by atoms with E-state index in [0.717, 1.165) is 0 Å². The first-order valence-corrected chi connectivity index (χ1v) is 5.95. The van der Waals surface area contributed by atoms with Gasteiger partial charge in [0.25, 0.3) is 5.91 Å². The van der Waals surface area contributed by atoms with E-state index in [9.17, 15) is 14.7 Å². The predicted molar refractivity (Wildman–Crippen MR) is 66.4 cm³/mol. The molecule has 0 aromatic heterocycles. The van der Waals surface area contributed by atoms with E-state index in [0.29, 0.717) is 25.1 Å². The molecule has 1 amide bonds. The zero-order valence-corrected chi connectivity index (χ0v) is 10.5. The van der Waals surface area contributed by atoms with Gasteiger partial charge < -0.3 is 19.8 Å². The van der Waals surface area contributed by atoms with Crippen LogP contribution in [-0.2, 0) is 4.79 Å². The number of aliphatic carboxylic acids is 1. The molecule has 1 heterocycles. The van der Waals surface area contributed by atoms with Gasteiger partial charge in [0, 0.05) is 6.54 Å². The third-order valence-electron chi connectivity index (χ3n) is 3.23. The normalized spacial score (nSPS) is 18.4. The molecule has 2 rings (SSSR count). The molecule has 6 heteroatoms. The SMILES string of the molecule is COc1ccc(O)c(C(=O)N2CCC[C@H]2C(=O)O)c1. The van der Waals surface area contributed by atoms with Crippen LogP contribution in [-0.4, -0.2) is 46.7 Å². The van der Waals surface area contributed by atoms with E-state index in [4.69, 9.17) is 9.84 Å². The maximum atomic E-state index is 12.3. The second-order valence-electron chi connectivity index (χ2n) is 4.38. The molecule has 1 aliphatic rings. The number of phenolic OH excluding ortho intramolecular Hbond substituents is 1. The number of carbonyl (C=O) groups excluding carboxylic acids is 1. The third-order valence-corrected chi connectivity index (χ3v) is 3.23. The van der Waals surface area contributed by atoms with E-state index in [-0.39, 0.29) is 11.3 Å². The van der Waals surface area contributed by atoms with Crippen LogP contribution in [0.25, 0.3) is 0 Å². The van der Waals surface area contributed by atoms with Crippen molar-refractivity contribution in [1.29, 1.82) is 0 Å². The van der Waals surface area contributed by atoms with Crippen LogP contribution in [0.5, 0.6) is 11.5 Å². The van der Waals surface area contributed by atoms with Crippen LogP contribution in [0.2, 0.25) is 0 Å². The fourth-order valence-corrected chi connectivity index (χ4v) is 2.23. The molecule has 2 N–H and O–H groups in total. The van der Waals surface area contributed by atoms with Crippen molar-refractivity contribution < 1.29 is 24.5 Å². The number of methoxy groups -OCH3 is 1. The number of hydrogen-bond donors (Lipinski definition) is 2. The summed E-state index contributed by atoms with van der Waals surface area (Å²) in [6.07, 6.45) is 1.08. The number of benzene rings is 1. The number of hydrogen-bond acceptors (Lipinski definition) is 4. The van der Waals surface area contributed by atoms with Crippen molar-refractivity contribution in [2.45, 2.75) is 18.9 Å². The quantitative estimate of drug-likeness (QED) is 0.854. The van der Waals surface area contributed by atoms with Crippen molar-refractivity contribution >= 4 is 11.9 Å². The molecule has 0 unspecified atom stereocenters. The number of aromatic hydroxyl groups is 1. The standard InChI is InChI=1S/C13H15NO5/c1-19-8-4-5-11(15)9(7-8)12(16)14-6-2-3-10(14)13(17)18/h4-5,7,10,15H,2-3,6H2,1H3,(H,17,18)/t10-/m0/s1. The minimum Gasteiger partial charge on any atom is -0.507 e. The second-order valence-corrected chi connectivity index (χ2v) is 4.38. The van der Waals surface area contributed by atoms with Gasteiger partial charge in [-0.1, -0.05) is 0 Å². The van der Waals surface area contributed by atoms with Crippen molar-refractivity contribution in [2.75, 3.05) is 13.7 Å². The maximum Gasteiger partial charge on any atom is 0.326 e. The molecule has 0 aliphatic carbocycles. The number of amides is 1. The molecule has 0 saturated carbocycles. The van der Waals surface area contributed by atoms with Crippen molar-refractivity contribution in [3.8, 4) is 11.5 Å². The highest BCUT2D eigenvalue weighted by molar-refractivity contribution is 5.99. The molecule has 19 heavy (non-hydrogen) atoms. The molecule has 1 aromatic rings. The Hall–Kier alpha value is -2.24. The van der Waals surface area contributed by atoms with E-state index in [1.165, 1.54) is 30.2 Å². The van der Waals surface area contributed by atoms with Crippen LogP contribution in [0.15, 0.2) is 18.2 Å². The Labute approximate surface area is 110 Å². The van der Waals surface area contributed by atoms with Crippen LogP contribution in [0.3, 0.4) is 0 Å². The molecule has 1 aromatic carbocycles. The van der Waals surface area contributed by atoms with Crippen molar-refractivity contribution in [1.82, 2.24) is 4.90 Å². The van der Waals surface area contributed by atoms with Crippen LogP contribution in [0, 0.1) is 0 Å². The molecule has 1 saturated heterocycles. The highest BCUT2D eigenvalue weighted by atomic mass is 16.5. The number of nitrogens with zero attached hydrogens (tertiary/aromatic N) is 1. The van der Waals surface area contributed by atoms with Crippen molar-refractivity contribution in [3.63, 3.8) is 0 Å². The van der Waals surface area contributed by atoms with Gasteiger partial charge in [-0.15, -0.1) is 0 Å². The average Bonchev–Trinajstić information content (AvgIpc) is 2.88. The van der Waals surface area contributed by atoms with Crippen LogP contribution < -0.4 is 4.74 Å². The molecule has 0 bridgehead atoms. The first kappa shape index (κ1) is 13.2. The van der Waals surface area contributed by atoms with E-state index >= 15 is 0 Å². The first-order valence-electron chi connectivity index (χ1n) is 5.95. The Morgan fingerprint density at radius 2 is 2.16 bits per heavy atom. The molecule has 1 aliphatic heterocycles. The summed E-state index contributed by atoms with van der Waals surface area (Å²) in [7, 11) is 1.45. The first-order chi connectivity index (χ1) is 9.04. The van der Waals surface area contributed by atoms with E-state index in [1.54, 1.807) is 0 Å². The Bertz CT molecular complexity index is 514. The number of rotatable bonds is 3. The summed E-state index contributed by atoms with van der Waals surface area (Å²) >= 11 is 0. The smallest absolute Gasteiger partial charge is 0.326 e. The minimum atomic E-state index is -1.02. The molecule has 1 fully saturated rings. The highest BCUT2D eigenvalue weighted by Gasteiger charge is 2.35. The second kappa shape index (κ2) is 5.17. The van der Waals surface area contributed by atoms with Gasteiger partial charge in [0.2, 0.25) is 0 Å². The third kappa shape index (κ3) is 2.47. The largest absolute Gasteiger partial charge is 0.507 e. The lowest BCUT2D eigenvalue weighted by molar-refractivity contribution is -0.141. The predicted octanol–water partition coefficient (Wildman–Crippen LogP) is 1.09. The molecule has 0 spiro atoms. The monoisotopic (exact) mass is 265 g/mol. The minimum absolute atomic E-state index is 0.0625. The Kier molecular flexibility index (Phi) is 3.59. The summed E-state index contributed by atoms with van der Waals surface area (Å²) < 4.78 is 5.00. The number of carboxylic acids is 1. The van der Waals surface area contributed by atoms with E-state index < -0.39 is 17.9 Å². The summed E-state index contributed by atoms with van der Waals surface area (Å²) in [6.45, 7) is 0.381. The Balaban J connectivity index is 2.31. The van der Waals surface area contributed by atoms with Gasteiger partial charge in [-0.05, 0) is 31.0 Å². The lowest BCUT2D eigenvalue weighted by atomic mass is 10.1. The number of likely N-dealkylation sites (tertiary alicyclic amines) is 1. The van der Waals surface area contributed by atoms with Gasteiger partial charge in [-0.2, -0.15) is 0 Å². The molecule has 6 nitrogen and oxygen atoms in total. The van der Waals surface area contributed by atoms with Gasteiger partial charge in [0.15, 0.2) is 0 Å². The van der Waals surface area contributed by atoms with Gasteiger partial charge in [-0.3, -0.25) is 4.79 Å². The van der Waals surface area contributed by atoms with Gasteiger partial charge in [0.1, 0.15) is 17.5 Å². The summed E-state index contributed by atoms with van der Waals surface area (Å²) in [5.41, 5.74) is 0.0625. The molecule has 0 radical (unpaired) electrons. The van der Waals surface area contributed by atoms with Crippen LogP contribution >= 0.6 is 0 Å². The highest BCUT2D eigenvalue weighted by Crippen LogP contribution is 2.27. The fourth-order valence-electron chi connectivity index (χ4n) is 2.23. The number of phenols is 1. The Morgan fingerprint density at radius 3 is 2.79 bits per heavy atom. The van der Waals surface area contributed by atoms with Gasteiger partial charge in [-0.25, -0.2) is 4.79 Å². The summed E-state index contributed by atoms with van der Waals surface area (Å²) in [5, 5.41) is 18.8. The number of ether oxygens (including phenoxy) is 1. The van der Waals surface area contributed by atoms with E-state index in [2.05, 4.69) is 0 Å². The maximum absolute atomic E-state index is 12.3. The lowest BCUT2D eigenvalue weighted by Crippen LogP contribution is -2.40. The zero-order chi connectivity index (χ0) is 14.0. The van der Waals surface area contributed by atoms with Crippen molar-refractivity contribution in [3.05, 3.63) is 23.8 Å². The van der Waals surface area contributed by atoms with Crippen LogP contribution in [0.4, 0.5) is 0 Å².